The predicted octanol–water partition coefficient (Wildman–Crippen LogP) is 3.11. The first kappa shape index (κ1) is 13.7. The number of carbonyl (C=O) groups is 1. The summed E-state index contributed by atoms with van der Waals surface area (Å²) in [4.78, 5) is 15.5. The Hall–Kier alpha value is -1.36. The highest BCUT2D eigenvalue weighted by Crippen LogP contribution is 2.35. The van der Waals surface area contributed by atoms with Gasteiger partial charge >= 0.3 is 5.97 Å². The number of hydrogen-bond donors (Lipinski definition) is 0. The van der Waals surface area contributed by atoms with Crippen molar-refractivity contribution in [2.45, 2.75) is 13.3 Å². The highest BCUT2D eigenvalue weighted by Gasteiger charge is 2.08. The number of para-hydroxylation sites is 1. The van der Waals surface area contributed by atoms with Gasteiger partial charge in [-0.3, -0.25) is 9.79 Å². The molecule has 0 unspecified atom stereocenters. The third kappa shape index (κ3) is 3.85. The Labute approximate surface area is 109 Å². The Morgan fingerprint density at radius 3 is 2.71 bits per heavy atom. The van der Waals surface area contributed by atoms with E-state index in [1.165, 1.54) is 7.11 Å². The molecule has 0 N–H and O–H groups in total. The molecule has 1 aromatic carbocycles. The van der Waals surface area contributed by atoms with Crippen molar-refractivity contribution in [1.29, 1.82) is 0 Å². The lowest BCUT2D eigenvalue weighted by molar-refractivity contribution is -0.139. The first-order valence-corrected chi connectivity index (χ1v) is 5.81. The van der Waals surface area contributed by atoms with Crippen LogP contribution >= 0.6 is 15.9 Å². The van der Waals surface area contributed by atoms with E-state index in [1.807, 2.05) is 18.2 Å². The number of methoxy groups -OCH3 is 2. The van der Waals surface area contributed by atoms with Crippen molar-refractivity contribution in [2.75, 3.05) is 14.2 Å². The van der Waals surface area contributed by atoms with Crippen molar-refractivity contribution in [1.82, 2.24) is 0 Å². The van der Waals surface area contributed by atoms with Crippen LogP contribution in [0.2, 0.25) is 0 Å². The van der Waals surface area contributed by atoms with Crippen molar-refractivity contribution in [2.24, 2.45) is 4.99 Å². The molecular formula is C12H14BrNO3. The topological polar surface area (TPSA) is 47.9 Å². The standard InChI is InChI=1S/C12H14BrNO3/c1-8(7-11(15)17-3)14-12-9(13)5-4-6-10(12)16-2/h4-6H,7H2,1-3H3. The number of esters is 1. The molecule has 0 saturated carbocycles. The molecule has 1 aromatic rings. The van der Waals surface area contributed by atoms with Crippen LogP contribution in [0.4, 0.5) is 5.69 Å². The summed E-state index contributed by atoms with van der Waals surface area (Å²) in [6, 6.07) is 5.54. The maximum absolute atomic E-state index is 11.1. The molecule has 0 fully saturated rings. The van der Waals surface area contributed by atoms with E-state index in [0.29, 0.717) is 17.1 Å². The molecule has 4 nitrogen and oxygen atoms in total. The van der Waals surface area contributed by atoms with Gasteiger partial charge in [-0.2, -0.15) is 0 Å². The van der Waals surface area contributed by atoms with Gasteiger partial charge in [0.05, 0.1) is 20.6 Å². The SMILES string of the molecule is COC(=O)CC(C)=Nc1c(Br)cccc1OC. The number of carbonyl (C=O) groups excluding carboxylic acids is 1. The van der Waals surface area contributed by atoms with Gasteiger partial charge in [0.1, 0.15) is 11.4 Å². The third-order valence-electron chi connectivity index (χ3n) is 2.10. The third-order valence-corrected chi connectivity index (χ3v) is 2.74. The molecule has 0 saturated heterocycles. The summed E-state index contributed by atoms with van der Waals surface area (Å²) in [6.07, 6.45) is 0.168. The number of nitrogens with zero attached hydrogens (tertiary/aromatic N) is 1. The smallest absolute Gasteiger partial charge is 0.311 e. The molecule has 0 amide bonds. The van der Waals surface area contributed by atoms with Gasteiger partial charge in [0.2, 0.25) is 0 Å². The summed E-state index contributed by atoms with van der Waals surface area (Å²) >= 11 is 3.40. The number of ether oxygens (including phenoxy) is 2. The number of rotatable bonds is 4. The zero-order chi connectivity index (χ0) is 12.8. The van der Waals surface area contributed by atoms with Crippen LogP contribution in [0.1, 0.15) is 13.3 Å². The second-order valence-electron chi connectivity index (χ2n) is 3.39. The lowest BCUT2D eigenvalue weighted by Gasteiger charge is -2.07. The largest absolute Gasteiger partial charge is 0.494 e. The predicted molar refractivity (Wildman–Crippen MR) is 70.1 cm³/mol. The minimum atomic E-state index is -0.308. The van der Waals surface area contributed by atoms with Gasteiger partial charge in [0.25, 0.3) is 0 Å². The molecule has 0 atom stereocenters. The van der Waals surface area contributed by atoms with E-state index in [9.17, 15) is 4.79 Å². The minimum Gasteiger partial charge on any atom is -0.494 e. The molecule has 5 heteroatoms. The summed E-state index contributed by atoms with van der Waals surface area (Å²) in [5, 5.41) is 0. The first-order valence-electron chi connectivity index (χ1n) is 5.02. The molecule has 92 valence electrons. The van der Waals surface area contributed by atoms with E-state index >= 15 is 0 Å². The van der Waals surface area contributed by atoms with Crippen LogP contribution in [0, 0.1) is 0 Å². The fourth-order valence-corrected chi connectivity index (χ4v) is 1.72. The normalized spacial score (nSPS) is 11.2. The van der Waals surface area contributed by atoms with Crippen LogP contribution in [0.3, 0.4) is 0 Å². The molecule has 0 bridgehead atoms. The zero-order valence-electron chi connectivity index (χ0n) is 9.99. The maximum Gasteiger partial charge on any atom is 0.311 e. The molecule has 1 rings (SSSR count). The second-order valence-corrected chi connectivity index (χ2v) is 4.25. The van der Waals surface area contributed by atoms with Gasteiger partial charge in [0.15, 0.2) is 0 Å². The molecule has 0 heterocycles. The Morgan fingerprint density at radius 2 is 2.12 bits per heavy atom. The number of benzene rings is 1. The molecule has 0 aliphatic heterocycles. The number of hydrogen-bond acceptors (Lipinski definition) is 4. The molecule has 0 aliphatic rings. The van der Waals surface area contributed by atoms with Crippen molar-refractivity contribution in [3.63, 3.8) is 0 Å². The fourth-order valence-electron chi connectivity index (χ4n) is 1.28. The molecule has 17 heavy (non-hydrogen) atoms. The van der Waals surface area contributed by atoms with Gasteiger partial charge in [-0.05, 0) is 35.0 Å². The van der Waals surface area contributed by atoms with Crippen molar-refractivity contribution >= 4 is 33.3 Å². The van der Waals surface area contributed by atoms with Crippen LogP contribution in [0.25, 0.3) is 0 Å². The van der Waals surface area contributed by atoms with E-state index in [1.54, 1.807) is 14.0 Å². The highest BCUT2D eigenvalue weighted by atomic mass is 79.9. The van der Waals surface area contributed by atoms with Crippen LogP contribution in [0.15, 0.2) is 27.7 Å². The Morgan fingerprint density at radius 1 is 1.41 bits per heavy atom. The van der Waals surface area contributed by atoms with Gasteiger partial charge in [0, 0.05) is 10.2 Å². The molecule has 0 aromatic heterocycles. The average Bonchev–Trinajstić information content (AvgIpc) is 2.31. The van der Waals surface area contributed by atoms with E-state index in [0.717, 1.165) is 4.47 Å². The molecule has 0 spiro atoms. The van der Waals surface area contributed by atoms with Crippen molar-refractivity contribution in [3.8, 4) is 5.75 Å². The lowest BCUT2D eigenvalue weighted by Crippen LogP contribution is -2.06. The van der Waals surface area contributed by atoms with Crippen LogP contribution in [-0.2, 0) is 9.53 Å². The zero-order valence-corrected chi connectivity index (χ0v) is 11.6. The highest BCUT2D eigenvalue weighted by molar-refractivity contribution is 9.10. The molecular weight excluding hydrogens is 286 g/mol. The number of halogens is 1. The summed E-state index contributed by atoms with van der Waals surface area (Å²) < 4.78 is 10.6. The quantitative estimate of drug-likeness (QED) is 0.634. The Bertz CT molecular complexity index is 443. The molecule has 0 radical (unpaired) electrons. The molecule has 0 aliphatic carbocycles. The maximum atomic E-state index is 11.1. The van der Waals surface area contributed by atoms with Crippen LogP contribution in [-0.4, -0.2) is 25.9 Å². The van der Waals surface area contributed by atoms with Crippen molar-refractivity contribution in [3.05, 3.63) is 22.7 Å². The van der Waals surface area contributed by atoms with Gasteiger partial charge in [-0.1, -0.05) is 6.07 Å². The van der Waals surface area contributed by atoms with Gasteiger partial charge in [-0.15, -0.1) is 0 Å². The second kappa shape index (κ2) is 6.39. The van der Waals surface area contributed by atoms with E-state index < -0.39 is 0 Å². The summed E-state index contributed by atoms with van der Waals surface area (Å²) in [7, 11) is 2.94. The summed E-state index contributed by atoms with van der Waals surface area (Å²) in [5.74, 6) is 0.348. The Kier molecular flexibility index (Phi) is 5.15. The summed E-state index contributed by atoms with van der Waals surface area (Å²) in [6.45, 7) is 1.77. The van der Waals surface area contributed by atoms with Gasteiger partial charge < -0.3 is 9.47 Å². The van der Waals surface area contributed by atoms with Gasteiger partial charge in [-0.25, -0.2) is 0 Å². The van der Waals surface area contributed by atoms with Crippen molar-refractivity contribution < 1.29 is 14.3 Å². The van der Waals surface area contributed by atoms with E-state index in [-0.39, 0.29) is 12.4 Å². The summed E-state index contributed by atoms with van der Waals surface area (Å²) in [5.41, 5.74) is 1.35. The minimum absolute atomic E-state index is 0.168. The Balaban J connectivity index is 3.00. The van der Waals surface area contributed by atoms with E-state index in [2.05, 4.69) is 25.7 Å². The first-order chi connectivity index (χ1) is 8.08. The monoisotopic (exact) mass is 299 g/mol. The van der Waals surface area contributed by atoms with Crippen LogP contribution in [0.5, 0.6) is 5.75 Å². The van der Waals surface area contributed by atoms with Crippen LogP contribution < -0.4 is 4.74 Å². The lowest BCUT2D eigenvalue weighted by atomic mass is 10.2. The average molecular weight is 300 g/mol. The van der Waals surface area contributed by atoms with E-state index in [4.69, 9.17) is 4.74 Å². The fraction of sp³-hybridized carbons (Fsp3) is 0.333. The number of aliphatic imine (C=N–C) groups is 1.